The van der Waals surface area contributed by atoms with Crippen LogP contribution in [0.4, 0.5) is 0 Å². The molecule has 4 atom stereocenters. The van der Waals surface area contributed by atoms with Gasteiger partial charge in [0.05, 0.1) is 19.8 Å². The zero-order valence-electron chi connectivity index (χ0n) is 23.3. The van der Waals surface area contributed by atoms with E-state index >= 15 is 0 Å². The first-order valence-corrected chi connectivity index (χ1v) is 13.9. The predicted octanol–water partition coefficient (Wildman–Crippen LogP) is 4.78. The second kappa shape index (κ2) is 10.1. The van der Waals surface area contributed by atoms with Gasteiger partial charge in [-0.25, -0.2) is 0 Å². The molecule has 2 aromatic rings. The first kappa shape index (κ1) is 25.5. The summed E-state index contributed by atoms with van der Waals surface area (Å²) in [7, 11) is 5.86. The number of nitrogens with zero attached hydrogens (tertiary/aromatic N) is 2. The molecular formula is C31H40N2O5. The van der Waals surface area contributed by atoms with Crippen LogP contribution >= 0.6 is 0 Å². The predicted molar refractivity (Wildman–Crippen MR) is 147 cm³/mol. The maximum atomic E-state index is 6.37. The van der Waals surface area contributed by atoms with E-state index in [-0.39, 0.29) is 18.9 Å². The summed E-state index contributed by atoms with van der Waals surface area (Å²) in [5.74, 6) is 3.65. The van der Waals surface area contributed by atoms with Crippen LogP contribution in [-0.2, 0) is 24.0 Å². The van der Waals surface area contributed by atoms with E-state index in [1.54, 1.807) is 14.2 Å². The van der Waals surface area contributed by atoms with Crippen LogP contribution in [0, 0.1) is 6.92 Å². The van der Waals surface area contributed by atoms with Crippen molar-refractivity contribution in [1.29, 1.82) is 0 Å². The summed E-state index contributed by atoms with van der Waals surface area (Å²) in [5.41, 5.74) is 7.71. The van der Waals surface area contributed by atoms with Crippen LogP contribution in [0.5, 0.6) is 23.0 Å². The van der Waals surface area contributed by atoms with E-state index in [0.29, 0.717) is 25.3 Å². The molecule has 0 spiro atoms. The molecule has 0 aliphatic carbocycles. The summed E-state index contributed by atoms with van der Waals surface area (Å²) >= 11 is 0. The fourth-order valence-electron chi connectivity index (χ4n) is 7.58. The van der Waals surface area contributed by atoms with Crippen molar-refractivity contribution in [1.82, 2.24) is 9.80 Å². The van der Waals surface area contributed by atoms with Gasteiger partial charge in [0.2, 0.25) is 6.79 Å². The minimum atomic E-state index is 0.235. The van der Waals surface area contributed by atoms with Crippen molar-refractivity contribution >= 4 is 0 Å². The topological polar surface area (TPSA) is 52.6 Å². The van der Waals surface area contributed by atoms with E-state index in [4.69, 9.17) is 23.7 Å². The van der Waals surface area contributed by atoms with Crippen LogP contribution in [0.1, 0.15) is 58.8 Å². The number of hydrogen-bond acceptors (Lipinski definition) is 7. The smallest absolute Gasteiger partial charge is 0.231 e. The van der Waals surface area contributed by atoms with Gasteiger partial charge in [0, 0.05) is 54.0 Å². The Bertz CT molecular complexity index is 1240. The Balaban J connectivity index is 1.53. The highest BCUT2D eigenvalue weighted by molar-refractivity contribution is 5.66. The molecule has 1 saturated heterocycles. The third kappa shape index (κ3) is 3.74. The van der Waals surface area contributed by atoms with Crippen molar-refractivity contribution in [3.05, 3.63) is 58.2 Å². The number of likely N-dealkylation sites (N-methyl/N-ethyl adjacent to an activating group) is 1. The first-order valence-electron chi connectivity index (χ1n) is 13.9. The van der Waals surface area contributed by atoms with Gasteiger partial charge >= 0.3 is 0 Å². The van der Waals surface area contributed by atoms with E-state index in [0.717, 1.165) is 60.8 Å². The molecule has 2 aromatic carbocycles. The highest BCUT2D eigenvalue weighted by atomic mass is 16.7. The quantitative estimate of drug-likeness (QED) is 0.465. The van der Waals surface area contributed by atoms with Gasteiger partial charge in [-0.15, -0.1) is 0 Å². The molecule has 0 aromatic heterocycles. The van der Waals surface area contributed by atoms with Crippen LogP contribution in [0.15, 0.2) is 24.8 Å². The van der Waals surface area contributed by atoms with Crippen LogP contribution in [0.3, 0.4) is 0 Å². The number of rotatable bonds is 8. The highest BCUT2D eigenvalue weighted by Crippen LogP contribution is 2.57. The Morgan fingerprint density at radius 1 is 1.13 bits per heavy atom. The summed E-state index contributed by atoms with van der Waals surface area (Å²) < 4.78 is 29.9. The first-order chi connectivity index (χ1) is 18.5. The van der Waals surface area contributed by atoms with Crippen molar-refractivity contribution < 1.29 is 23.7 Å². The molecule has 38 heavy (non-hydrogen) atoms. The van der Waals surface area contributed by atoms with Crippen molar-refractivity contribution in [2.75, 3.05) is 47.8 Å². The molecule has 0 amide bonds. The van der Waals surface area contributed by atoms with Gasteiger partial charge in [-0.3, -0.25) is 9.80 Å². The number of methoxy groups -OCH3 is 2. The summed E-state index contributed by atoms with van der Waals surface area (Å²) in [6, 6.07) is 5.68. The number of hydrogen-bond donors (Lipinski definition) is 0. The van der Waals surface area contributed by atoms with Gasteiger partial charge in [0.25, 0.3) is 0 Å². The lowest BCUT2D eigenvalue weighted by molar-refractivity contribution is -0.0489. The van der Waals surface area contributed by atoms with Gasteiger partial charge in [-0.1, -0.05) is 25.6 Å². The lowest BCUT2D eigenvalue weighted by atomic mass is 9.72. The lowest BCUT2D eigenvalue weighted by Gasteiger charge is -2.58. The Labute approximate surface area is 226 Å². The molecule has 4 aliphatic rings. The number of benzene rings is 2. The molecular weight excluding hydrogens is 480 g/mol. The van der Waals surface area contributed by atoms with E-state index in [2.05, 4.69) is 49.4 Å². The minimum absolute atomic E-state index is 0.235. The highest BCUT2D eigenvalue weighted by Gasteiger charge is 2.51. The molecule has 6 rings (SSSR count). The SMILES string of the molecule is C=CCOc1c(C)c2c(c3c1CC1[C@H]4c5c(ccc(OC)c5CCOC)C[C@@H](CN1[C@H]3CC)N4C)OCO2. The van der Waals surface area contributed by atoms with E-state index in [9.17, 15) is 0 Å². The Morgan fingerprint density at radius 2 is 1.95 bits per heavy atom. The fourth-order valence-corrected chi connectivity index (χ4v) is 7.58. The summed E-state index contributed by atoms with van der Waals surface area (Å²) in [6.45, 7) is 10.7. The second-order valence-electron chi connectivity index (χ2n) is 10.9. The van der Waals surface area contributed by atoms with E-state index in [1.807, 2.05) is 6.08 Å². The summed E-state index contributed by atoms with van der Waals surface area (Å²) in [4.78, 5) is 5.38. The number of fused-ring (bicyclic) bond motifs is 9. The van der Waals surface area contributed by atoms with Crippen LogP contribution in [-0.4, -0.2) is 69.7 Å². The van der Waals surface area contributed by atoms with Crippen LogP contribution in [0.2, 0.25) is 0 Å². The van der Waals surface area contributed by atoms with Gasteiger partial charge < -0.3 is 23.7 Å². The molecule has 0 radical (unpaired) electrons. The molecule has 0 saturated carbocycles. The lowest BCUT2D eigenvalue weighted by Crippen LogP contribution is -2.63. The standard InChI is InChI=1S/C31H40N2O5/c1-7-12-36-29-18(3)30-31(38-17-37-30)27-22(29)15-24-28-26-19(9-10-25(35-6)21(26)11-13-34-5)14-20(32(28)4)16-33(24)23(27)8-2/h7,9-10,20,23-24,28H,1,8,11-17H2,2-6H3/t20-,23-,24?,28-/m0/s1. The van der Waals surface area contributed by atoms with Gasteiger partial charge in [0.15, 0.2) is 11.5 Å². The summed E-state index contributed by atoms with van der Waals surface area (Å²) in [5, 5.41) is 0. The number of piperazine rings is 1. The van der Waals surface area contributed by atoms with Crippen molar-refractivity contribution in [3.63, 3.8) is 0 Å². The molecule has 4 aliphatic heterocycles. The Morgan fingerprint density at radius 3 is 2.68 bits per heavy atom. The van der Waals surface area contributed by atoms with Crippen molar-refractivity contribution in [3.8, 4) is 23.0 Å². The van der Waals surface area contributed by atoms with Crippen LogP contribution < -0.4 is 18.9 Å². The zero-order valence-corrected chi connectivity index (χ0v) is 23.3. The third-order valence-corrected chi connectivity index (χ3v) is 9.18. The maximum absolute atomic E-state index is 6.37. The zero-order chi connectivity index (χ0) is 26.6. The average molecular weight is 521 g/mol. The Kier molecular flexibility index (Phi) is 6.79. The van der Waals surface area contributed by atoms with Gasteiger partial charge in [0.1, 0.15) is 18.1 Å². The van der Waals surface area contributed by atoms with Gasteiger partial charge in [-0.2, -0.15) is 0 Å². The molecule has 2 bridgehead atoms. The van der Waals surface area contributed by atoms with Crippen LogP contribution in [0.25, 0.3) is 0 Å². The molecule has 204 valence electrons. The number of ether oxygens (including phenoxy) is 5. The minimum Gasteiger partial charge on any atom is -0.496 e. The molecule has 1 fully saturated rings. The molecule has 4 heterocycles. The van der Waals surface area contributed by atoms with Crippen molar-refractivity contribution in [2.24, 2.45) is 0 Å². The largest absolute Gasteiger partial charge is 0.496 e. The fraction of sp³-hybridized carbons (Fsp3) is 0.548. The monoisotopic (exact) mass is 520 g/mol. The molecule has 7 heteroatoms. The van der Waals surface area contributed by atoms with E-state index < -0.39 is 0 Å². The third-order valence-electron chi connectivity index (χ3n) is 9.18. The Hall–Kier alpha value is -2.74. The maximum Gasteiger partial charge on any atom is 0.231 e. The molecule has 7 nitrogen and oxygen atoms in total. The van der Waals surface area contributed by atoms with Crippen molar-refractivity contribution in [2.45, 2.75) is 63.7 Å². The summed E-state index contributed by atoms with van der Waals surface area (Å²) in [6.07, 6.45) is 5.57. The van der Waals surface area contributed by atoms with Gasteiger partial charge in [-0.05, 0) is 56.8 Å². The second-order valence-corrected chi connectivity index (χ2v) is 10.9. The normalized spacial score (nSPS) is 25.4. The average Bonchev–Trinajstić information content (AvgIpc) is 3.41. The molecule has 1 unspecified atom stereocenters. The molecule has 0 N–H and O–H groups in total. The van der Waals surface area contributed by atoms with E-state index in [1.165, 1.54) is 27.8 Å².